The molecule has 2 heteroatoms. The standard InChI is InChI=1S/C50H32N2/c1-3-13-35-29-39(25-23-33(35)11-1)37-15-9-17-41(31-37)51-45-21-7-5-19-43(45)49-47(51)27-28-48-50(49)44-20-6-8-22-46(44)52(48)42-18-10-16-38(32-42)40-26-24-34-12-2-4-14-36(34)30-40/h1-32H. The van der Waals surface area contributed by atoms with E-state index in [0.29, 0.717) is 0 Å². The van der Waals surface area contributed by atoms with Gasteiger partial charge in [-0.2, -0.15) is 0 Å². The van der Waals surface area contributed by atoms with E-state index >= 15 is 0 Å². The van der Waals surface area contributed by atoms with Gasteiger partial charge in [0, 0.05) is 32.9 Å². The average Bonchev–Trinajstić information content (AvgIpc) is 3.73. The maximum Gasteiger partial charge on any atom is 0.0548 e. The molecule has 0 unspecified atom stereocenters. The van der Waals surface area contributed by atoms with Crippen LogP contribution in [0.25, 0.3) is 98.8 Å². The van der Waals surface area contributed by atoms with E-state index in [1.54, 1.807) is 0 Å². The van der Waals surface area contributed by atoms with Crippen LogP contribution < -0.4 is 0 Å². The number of aromatic nitrogens is 2. The molecule has 0 bridgehead atoms. The van der Waals surface area contributed by atoms with Crippen LogP contribution in [-0.2, 0) is 0 Å². The summed E-state index contributed by atoms with van der Waals surface area (Å²) in [5.41, 5.74) is 12.0. The summed E-state index contributed by atoms with van der Waals surface area (Å²) in [5.74, 6) is 0. The quantitative estimate of drug-likeness (QED) is 0.178. The molecule has 11 rings (SSSR count). The fraction of sp³-hybridized carbons (Fsp3) is 0. The molecule has 0 saturated carbocycles. The molecule has 0 aliphatic rings. The molecule has 52 heavy (non-hydrogen) atoms. The molecule has 11 aromatic rings. The molecule has 2 aromatic heterocycles. The lowest BCUT2D eigenvalue weighted by molar-refractivity contribution is 1.17. The number of nitrogens with zero attached hydrogens (tertiary/aromatic N) is 2. The van der Waals surface area contributed by atoms with Crippen molar-refractivity contribution in [3.8, 4) is 33.6 Å². The van der Waals surface area contributed by atoms with Gasteiger partial charge in [-0.15, -0.1) is 0 Å². The highest BCUT2D eigenvalue weighted by molar-refractivity contribution is 6.29. The zero-order valence-corrected chi connectivity index (χ0v) is 28.4. The van der Waals surface area contributed by atoms with Crippen LogP contribution in [0, 0.1) is 0 Å². The maximum atomic E-state index is 2.45. The van der Waals surface area contributed by atoms with Crippen molar-refractivity contribution in [2.24, 2.45) is 0 Å². The van der Waals surface area contributed by atoms with Gasteiger partial charge < -0.3 is 9.13 Å². The minimum absolute atomic E-state index is 1.16. The van der Waals surface area contributed by atoms with Crippen molar-refractivity contribution < 1.29 is 0 Å². The molecule has 9 aromatic carbocycles. The van der Waals surface area contributed by atoms with Crippen molar-refractivity contribution in [1.82, 2.24) is 9.13 Å². The molecule has 0 atom stereocenters. The molecular weight excluding hydrogens is 629 g/mol. The van der Waals surface area contributed by atoms with E-state index in [9.17, 15) is 0 Å². The second-order valence-corrected chi connectivity index (χ2v) is 13.8. The summed E-state index contributed by atoms with van der Waals surface area (Å²) in [4.78, 5) is 0. The monoisotopic (exact) mass is 660 g/mol. The zero-order valence-electron chi connectivity index (χ0n) is 28.4. The number of benzene rings is 9. The van der Waals surface area contributed by atoms with E-state index in [0.717, 1.165) is 11.4 Å². The van der Waals surface area contributed by atoms with Gasteiger partial charge in [-0.25, -0.2) is 0 Å². The van der Waals surface area contributed by atoms with Crippen LogP contribution in [-0.4, -0.2) is 9.13 Å². The first-order valence-corrected chi connectivity index (χ1v) is 17.9. The van der Waals surface area contributed by atoms with E-state index in [-0.39, 0.29) is 0 Å². The Morgan fingerprint density at radius 1 is 0.250 bits per heavy atom. The van der Waals surface area contributed by atoms with Crippen molar-refractivity contribution in [2.45, 2.75) is 0 Å². The van der Waals surface area contributed by atoms with E-state index in [4.69, 9.17) is 0 Å². The first kappa shape index (κ1) is 28.9. The molecule has 2 heterocycles. The summed E-state index contributed by atoms with van der Waals surface area (Å²) < 4.78 is 4.89. The van der Waals surface area contributed by atoms with E-state index in [1.807, 2.05) is 0 Å². The smallest absolute Gasteiger partial charge is 0.0548 e. The molecule has 0 aliphatic heterocycles. The predicted octanol–water partition coefficient (Wildman–Crippen LogP) is 13.5. The number of para-hydroxylation sites is 2. The van der Waals surface area contributed by atoms with Gasteiger partial charge in [-0.3, -0.25) is 0 Å². The van der Waals surface area contributed by atoms with Gasteiger partial charge >= 0.3 is 0 Å². The number of fused-ring (bicyclic) bond motifs is 9. The highest BCUT2D eigenvalue weighted by Crippen LogP contribution is 2.43. The summed E-state index contributed by atoms with van der Waals surface area (Å²) in [5, 5.41) is 10.1. The Hall–Kier alpha value is -6.90. The third-order valence-corrected chi connectivity index (χ3v) is 10.8. The van der Waals surface area contributed by atoms with Crippen LogP contribution in [0.3, 0.4) is 0 Å². The molecule has 0 N–H and O–H groups in total. The Balaban J connectivity index is 1.13. The van der Waals surface area contributed by atoms with Crippen LogP contribution in [0.5, 0.6) is 0 Å². The number of hydrogen-bond donors (Lipinski definition) is 0. The summed E-state index contributed by atoms with van der Waals surface area (Å²) >= 11 is 0. The van der Waals surface area contributed by atoms with Crippen LogP contribution >= 0.6 is 0 Å². The second kappa shape index (κ2) is 11.3. The highest BCUT2D eigenvalue weighted by Gasteiger charge is 2.20. The lowest BCUT2D eigenvalue weighted by Gasteiger charge is -2.12. The minimum Gasteiger partial charge on any atom is -0.309 e. The van der Waals surface area contributed by atoms with Gasteiger partial charge in [0.2, 0.25) is 0 Å². The van der Waals surface area contributed by atoms with Crippen LogP contribution in [0.15, 0.2) is 194 Å². The normalized spacial score (nSPS) is 11.8. The molecule has 0 spiro atoms. The lowest BCUT2D eigenvalue weighted by atomic mass is 10.0. The van der Waals surface area contributed by atoms with Crippen molar-refractivity contribution in [2.75, 3.05) is 0 Å². The lowest BCUT2D eigenvalue weighted by Crippen LogP contribution is -1.95. The largest absolute Gasteiger partial charge is 0.309 e. The Morgan fingerprint density at radius 2 is 0.654 bits per heavy atom. The Morgan fingerprint density at radius 3 is 1.13 bits per heavy atom. The maximum absolute atomic E-state index is 2.45. The van der Waals surface area contributed by atoms with Gasteiger partial charge in [0.15, 0.2) is 0 Å². The number of hydrogen-bond acceptors (Lipinski definition) is 0. The molecule has 0 aliphatic carbocycles. The second-order valence-electron chi connectivity index (χ2n) is 13.8. The van der Waals surface area contributed by atoms with E-state index in [2.05, 4.69) is 203 Å². The predicted molar refractivity (Wildman–Crippen MR) is 221 cm³/mol. The molecule has 2 nitrogen and oxygen atoms in total. The molecular formula is C50H32N2. The molecule has 0 radical (unpaired) electrons. The molecule has 242 valence electrons. The first-order chi connectivity index (χ1) is 25.8. The van der Waals surface area contributed by atoms with Crippen LogP contribution in [0.4, 0.5) is 0 Å². The molecule has 0 saturated heterocycles. The van der Waals surface area contributed by atoms with Crippen molar-refractivity contribution in [3.05, 3.63) is 194 Å². The fourth-order valence-electron chi connectivity index (χ4n) is 8.46. The van der Waals surface area contributed by atoms with E-state index in [1.165, 1.54) is 87.4 Å². The van der Waals surface area contributed by atoms with Gasteiger partial charge in [0.05, 0.1) is 22.1 Å². The fourth-order valence-corrected chi connectivity index (χ4v) is 8.46. The Labute approximate surface area is 301 Å². The van der Waals surface area contributed by atoms with Crippen molar-refractivity contribution >= 4 is 65.2 Å². The molecule has 0 fully saturated rings. The van der Waals surface area contributed by atoms with Gasteiger partial charge in [0.1, 0.15) is 0 Å². The van der Waals surface area contributed by atoms with Gasteiger partial charge in [-0.1, -0.05) is 133 Å². The van der Waals surface area contributed by atoms with Gasteiger partial charge in [0.25, 0.3) is 0 Å². The highest BCUT2D eigenvalue weighted by atomic mass is 15.0. The third-order valence-electron chi connectivity index (χ3n) is 10.8. The van der Waals surface area contributed by atoms with Crippen molar-refractivity contribution in [1.29, 1.82) is 0 Å². The summed E-state index contributed by atoms with van der Waals surface area (Å²) in [6, 6.07) is 71.0. The summed E-state index contributed by atoms with van der Waals surface area (Å²) in [7, 11) is 0. The minimum atomic E-state index is 1.16. The van der Waals surface area contributed by atoms with Gasteiger partial charge in [-0.05, 0) is 104 Å². The Bertz CT molecular complexity index is 2980. The zero-order chi connectivity index (χ0) is 34.2. The third kappa shape index (κ3) is 4.38. The van der Waals surface area contributed by atoms with Crippen LogP contribution in [0.2, 0.25) is 0 Å². The first-order valence-electron chi connectivity index (χ1n) is 17.9. The number of rotatable bonds is 4. The SMILES string of the molecule is c1cc(-c2ccc3ccccc3c2)cc(-n2c3ccccc3c3c4c5ccccc5n(-c5cccc(-c6ccc7ccccc7c6)c5)c4ccc32)c1. The van der Waals surface area contributed by atoms with E-state index < -0.39 is 0 Å². The van der Waals surface area contributed by atoms with Crippen molar-refractivity contribution in [3.63, 3.8) is 0 Å². The molecule has 0 amide bonds. The van der Waals surface area contributed by atoms with Crippen LogP contribution in [0.1, 0.15) is 0 Å². The average molecular weight is 661 g/mol. The topological polar surface area (TPSA) is 9.86 Å². The Kier molecular flexibility index (Phi) is 6.28. The summed E-state index contributed by atoms with van der Waals surface area (Å²) in [6.45, 7) is 0. The summed E-state index contributed by atoms with van der Waals surface area (Å²) in [6.07, 6.45) is 0.